The monoisotopic (exact) mass is 365 g/mol. The van der Waals surface area contributed by atoms with Gasteiger partial charge in [0.25, 0.3) is 10.5 Å². The number of amides is 1. The molecule has 2 aromatic carbocycles. The standard InChI is InChI=1S/C17H17BrFNO2/c1-16(22,14-10-6-3-7-11-14)17(18,19)15(21)20-12-13-8-4-2-5-9-13/h2-11,22H,12H2,1H3,(H,20,21)/t16-,17+/m1/s1. The number of carbonyl (C=O) groups excluding carboxylic acids is 1. The average molecular weight is 366 g/mol. The first-order chi connectivity index (χ1) is 10.4. The molecule has 0 bridgehead atoms. The van der Waals surface area contributed by atoms with E-state index in [-0.39, 0.29) is 6.54 Å². The van der Waals surface area contributed by atoms with Gasteiger partial charge in [-0.3, -0.25) is 4.79 Å². The van der Waals surface area contributed by atoms with Crippen LogP contribution >= 0.6 is 15.9 Å². The van der Waals surface area contributed by atoms with E-state index in [1.165, 1.54) is 6.92 Å². The van der Waals surface area contributed by atoms with Crippen molar-refractivity contribution < 1.29 is 14.3 Å². The van der Waals surface area contributed by atoms with Gasteiger partial charge in [-0.1, -0.05) is 60.7 Å². The minimum absolute atomic E-state index is 0.182. The summed E-state index contributed by atoms with van der Waals surface area (Å²) in [4.78, 5) is 12.2. The van der Waals surface area contributed by atoms with Crippen molar-refractivity contribution in [2.75, 3.05) is 0 Å². The predicted octanol–water partition coefficient (Wildman–Crippen LogP) is 3.27. The van der Waals surface area contributed by atoms with Gasteiger partial charge in [0.1, 0.15) is 5.60 Å². The molecule has 3 nitrogen and oxygen atoms in total. The molecule has 0 aliphatic heterocycles. The van der Waals surface area contributed by atoms with Crippen LogP contribution in [0.3, 0.4) is 0 Å². The Balaban J connectivity index is 2.13. The lowest BCUT2D eigenvalue weighted by molar-refractivity contribution is -0.140. The normalized spacial score (nSPS) is 16.4. The lowest BCUT2D eigenvalue weighted by Gasteiger charge is -2.33. The number of aliphatic hydroxyl groups is 1. The minimum atomic E-state index is -2.64. The number of halogens is 2. The van der Waals surface area contributed by atoms with Gasteiger partial charge in [0.05, 0.1) is 0 Å². The number of nitrogens with one attached hydrogen (secondary N) is 1. The number of benzene rings is 2. The third kappa shape index (κ3) is 3.36. The second-order valence-electron chi connectivity index (χ2n) is 5.18. The van der Waals surface area contributed by atoms with Gasteiger partial charge in [0.15, 0.2) is 0 Å². The summed E-state index contributed by atoms with van der Waals surface area (Å²) < 4.78 is 12.3. The maximum absolute atomic E-state index is 14.9. The summed E-state index contributed by atoms with van der Waals surface area (Å²) in [6, 6.07) is 17.4. The van der Waals surface area contributed by atoms with Crippen molar-refractivity contribution in [2.45, 2.75) is 23.6 Å². The lowest BCUT2D eigenvalue weighted by atomic mass is 9.90. The van der Waals surface area contributed by atoms with Crippen LogP contribution in [0.1, 0.15) is 18.1 Å². The van der Waals surface area contributed by atoms with Crippen LogP contribution in [-0.2, 0) is 16.9 Å². The van der Waals surface area contributed by atoms with Crippen molar-refractivity contribution in [2.24, 2.45) is 0 Å². The van der Waals surface area contributed by atoms with E-state index in [1.54, 1.807) is 30.3 Å². The van der Waals surface area contributed by atoms with E-state index in [4.69, 9.17) is 0 Å². The largest absolute Gasteiger partial charge is 0.381 e. The van der Waals surface area contributed by atoms with Crippen molar-refractivity contribution >= 4 is 21.8 Å². The molecule has 0 saturated carbocycles. The molecule has 0 aromatic heterocycles. The first-order valence-electron chi connectivity index (χ1n) is 6.83. The molecular formula is C17H17BrFNO2. The summed E-state index contributed by atoms with van der Waals surface area (Å²) in [6.45, 7) is 1.45. The van der Waals surface area contributed by atoms with Crippen LogP contribution in [0.2, 0.25) is 0 Å². The van der Waals surface area contributed by atoms with E-state index in [1.807, 2.05) is 30.3 Å². The molecule has 116 valence electrons. The Labute approximate surface area is 137 Å². The van der Waals surface area contributed by atoms with Crippen LogP contribution in [0.4, 0.5) is 4.39 Å². The Morgan fingerprint density at radius 3 is 2.18 bits per heavy atom. The Hall–Kier alpha value is -1.72. The molecule has 0 heterocycles. The van der Waals surface area contributed by atoms with E-state index >= 15 is 0 Å². The fourth-order valence-corrected chi connectivity index (χ4v) is 2.42. The summed E-state index contributed by atoms with van der Waals surface area (Å²) in [5.41, 5.74) is -0.850. The molecule has 2 N–H and O–H groups in total. The van der Waals surface area contributed by atoms with Crippen molar-refractivity contribution in [3.63, 3.8) is 0 Å². The second-order valence-corrected chi connectivity index (χ2v) is 6.27. The van der Waals surface area contributed by atoms with Crippen molar-refractivity contribution in [3.05, 3.63) is 71.8 Å². The highest BCUT2D eigenvalue weighted by Crippen LogP contribution is 2.41. The predicted molar refractivity (Wildman–Crippen MR) is 87.1 cm³/mol. The highest BCUT2D eigenvalue weighted by Gasteiger charge is 2.53. The van der Waals surface area contributed by atoms with Crippen molar-refractivity contribution in [3.8, 4) is 0 Å². The molecule has 0 radical (unpaired) electrons. The second kappa shape index (κ2) is 6.58. The Morgan fingerprint density at radius 2 is 1.64 bits per heavy atom. The molecule has 22 heavy (non-hydrogen) atoms. The smallest absolute Gasteiger partial charge is 0.274 e. The number of carbonyl (C=O) groups is 1. The Morgan fingerprint density at radius 1 is 1.14 bits per heavy atom. The average Bonchev–Trinajstić information content (AvgIpc) is 2.54. The third-order valence-corrected chi connectivity index (χ3v) is 4.66. The van der Waals surface area contributed by atoms with E-state index < -0.39 is 16.1 Å². The molecule has 0 unspecified atom stereocenters. The zero-order valence-electron chi connectivity index (χ0n) is 12.1. The zero-order chi connectivity index (χ0) is 16.2. The van der Waals surface area contributed by atoms with Gasteiger partial charge in [0.2, 0.25) is 0 Å². The molecule has 0 saturated heterocycles. The highest BCUT2D eigenvalue weighted by atomic mass is 79.9. The summed E-state index contributed by atoms with van der Waals surface area (Å²) >= 11 is 2.75. The van der Waals surface area contributed by atoms with Crippen LogP contribution in [0.5, 0.6) is 0 Å². The minimum Gasteiger partial charge on any atom is -0.381 e. The molecule has 1 amide bonds. The van der Waals surface area contributed by atoms with Gasteiger partial charge in [-0.2, -0.15) is 0 Å². The summed E-state index contributed by atoms with van der Waals surface area (Å²) in [5.74, 6) is -0.926. The molecule has 0 spiro atoms. The maximum Gasteiger partial charge on any atom is 0.274 e. The van der Waals surface area contributed by atoms with Gasteiger partial charge >= 0.3 is 0 Å². The molecule has 2 rings (SSSR count). The first-order valence-corrected chi connectivity index (χ1v) is 7.63. The molecule has 0 aliphatic carbocycles. The van der Waals surface area contributed by atoms with Crippen molar-refractivity contribution in [1.29, 1.82) is 0 Å². The Bertz CT molecular complexity index is 630. The number of hydrogen-bond acceptors (Lipinski definition) is 2. The third-order valence-electron chi connectivity index (χ3n) is 3.53. The number of alkyl halides is 2. The van der Waals surface area contributed by atoms with E-state index in [0.29, 0.717) is 5.56 Å². The van der Waals surface area contributed by atoms with Gasteiger partial charge < -0.3 is 10.4 Å². The van der Waals surface area contributed by atoms with Gasteiger partial charge in [-0.15, -0.1) is 0 Å². The van der Waals surface area contributed by atoms with Crippen LogP contribution in [0.25, 0.3) is 0 Å². The molecule has 2 atom stereocenters. The molecular weight excluding hydrogens is 349 g/mol. The fraction of sp³-hybridized carbons (Fsp3) is 0.235. The van der Waals surface area contributed by atoms with Gasteiger partial charge in [0, 0.05) is 6.54 Å². The van der Waals surface area contributed by atoms with E-state index in [9.17, 15) is 14.3 Å². The van der Waals surface area contributed by atoms with Crippen molar-refractivity contribution in [1.82, 2.24) is 5.32 Å². The summed E-state index contributed by atoms with van der Waals surface area (Å²) in [5, 5.41) is 13.0. The van der Waals surface area contributed by atoms with Crippen LogP contribution < -0.4 is 5.32 Å². The Kier molecular flexibility index (Phi) is 4.98. The van der Waals surface area contributed by atoms with Gasteiger partial charge in [-0.25, -0.2) is 4.39 Å². The van der Waals surface area contributed by atoms with Crippen LogP contribution in [0, 0.1) is 0 Å². The van der Waals surface area contributed by atoms with Crippen LogP contribution in [-0.4, -0.2) is 15.6 Å². The summed E-state index contributed by atoms with van der Waals surface area (Å²) in [6.07, 6.45) is 0. The number of hydrogen-bond donors (Lipinski definition) is 2. The first kappa shape index (κ1) is 16.6. The maximum atomic E-state index is 14.9. The lowest BCUT2D eigenvalue weighted by Crippen LogP contribution is -2.52. The summed E-state index contributed by atoms with van der Waals surface area (Å²) in [7, 11) is 0. The zero-order valence-corrected chi connectivity index (χ0v) is 13.7. The quantitative estimate of drug-likeness (QED) is 0.798. The number of rotatable bonds is 5. The highest BCUT2D eigenvalue weighted by molar-refractivity contribution is 9.10. The van der Waals surface area contributed by atoms with E-state index in [2.05, 4.69) is 21.2 Å². The fourth-order valence-electron chi connectivity index (χ4n) is 2.05. The molecule has 5 heteroatoms. The molecule has 2 aromatic rings. The van der Waals surface area contributed by atoms with E-state index in [0.717, 1.165) is 5.56 Å². The SMILES string of the molecule is C[C@@](O)(c1ccccc1)[C@](F)(Br)C(=O)NCc1ccccc1. The topological polar surface area (TPSA) is 49.3 Å². The molecule has 0 fully saturated rings. The van der Waals surface area contributed by atoms with Gasteiger partial charge in [-0.05, 0) is 34.0 Å². The van der Waals surface area contributed by atoms with Crippen LogP contribution in [0.15, 0.2) is 60.7 Å². The molecule has 0 aliphatic rings.